The number of hydrogen-bond acceptors (Lipinski definition) is 5. The van der Waals surface area contributed by atoms with E-state index in [0.717, 1.165) is 28.2 Å². The minimum Gasteiger partial charge on any atom is -0.489 e. The molecule has 0 fully saturated rings. The van der Waals surface area contributed by atoms with Gasteiger partial charge in [-0.1, -0.05) is 60.2 Å². The molecule has 1 amide bonds. The molecule has 37 heavy (non-hydrogen) atoms. The van der Waals surface area contributed by atoms with E-state index in [4.69, 9.17) is 14.2 Å². The molecule has 0 aliphatic heterocycles. The molecule has 0 unspecified atom stereocenters. The Morgan fingerprint density at radius 2 is 1.30 bits per heavy atom. The molecule has 6 heteroatoms. The Labute approximate surface area is 217 Å². The summed E-state index contributed by atoms with van der Waals surface area (Å²) in [4.78, 5) is 12.4. The predicted octanol–water partition coefficient (Wildman–Crippen LogP) is 6.07. The fraction of sp³-hybridized carbons (Fsp3) is 0.161. The third kappa shape index (κ3) is 8.25. The molecule has 0 heterocycles. The van der Waals surface area contributed by atoms with E-state index in [9.17, 15) is 4.79 Å². The summed E-state index contributed by atoms with van der Waals surface area (Å²) in [6.07, 6.45) is 0.860. The van der Waals surface area contributed by atoms with Gasteiger partial charge in [0.1, 0.15) is 30.5 Å². The average Bonchev–Trinajstić information content (AvgIpc) is 2.93. The lowest BCUT2D eigenvalue weighted by atomic mass is 10.2. The van der Waals surface area contributed by atoms with E-state index < -0.39 is 6.10 Å². The number of carbonyl (C=O) groups excluding carboxylic acids is 1. The lowest BCUT2D eigenvalue weighted by molar-refractivity contribution is -0.127. The third-order valence-corrected chi connectivity index (χ3v) is 5.55. The van der Waals surface area contributed by atoms with Crippen molar-refractivity contribution >= 4 is 12.1 Å². The van der Waals surface area contributed by atoms with Gasteiger partial charge in [0, 0.05) is 0 Å². The van der Waals surface area contributed by atoms with Crippen LogP contribution in [0.3, 0.4) is 0 Å². The summed E-state index contributed by atoms with van der Waals surface area (Å²) in [5.74, 6) is 1.71. The van der Waals surface area contributed by atoms with Gasteiger partial charge in [0.15, 0.2) is 6.10 Å². The number of carbonyl (C=O) groups is 1. The largest absolute Gasteiger partial charge is 0.489 e. The molecule has 6 nitrogen and oxygen atoms in total. The fourth-order valence-corrected chi connectivity index (χ4v) is 3.38. The van der Waals surface area contributed by atoms with E-state index in [0.29, 0.717) is 19.0 Å². The number of benzene rings is 4. The first-order valence-corrected chi connectivity index (χ1v) is 12.1. The van der Waals surface area contributed by atoms with Crippen LogP contribution < -0.4 is 19.6 Å². The maximum Gasteiger partial charge on any atom is 0.280 e. The Balaban J connectivity index is 1.19. The van der Waals surface area contributed by atoms with E-state index in [-0.39, 0.29) is 5.91 Å². The van der Waals surface area contributed by atoms with Gasteiger partial charge in [0.25, 0.3) is 5.91 Å². The van der Waals surface area contributed by atoms with Crippen LogP contribution in [-0.2, 0) is 18.0 Å². The van der Waals surface area contributed by atoms with Crippen molar-refractivity contribution in [1.29, 1.82) is 0 Å². The number of hydrogen-bond donors (Lipinski definition) is 1. The van der Waals surface area contributed by atoms with Crippen molar-refractivity contribution < 1.29 is 19.0 Å². The fourth-order valence-electron chi connectivity index (χ4n) is 3.38. The Morgan fingerprint density at radius 1 is 0.757 bits per heavy atom. The minimum atomic E-state index is -0.717. The molecular weight excluding hydrogens is 464 g/mol. The molecule has 1 atom stereocenters. The van der Waals surface area contributed by atoms with Gasteiger partial charge in [-0.25, -0.2) is 5.43 Å². The van der Waals surface area contributed by atoms with Gasteiger partial charge in [0.2, 0.25) is 0 Å². The summed E-state index contributed by atoms with van der Waals surface area (Å²) in [6, 6.07) is 32.9. The van der Waals surface area contributed by atoms with Gasteiger partial charge in [-0.15, -0.1) is 0 Å². The highest BCUT2D eigenvalue weighted by atomic mass is 16.5. The first-order valence-electron chi connectivity index (χ1n) is 12.1. The molecule has 0 aromatic heterocycles. The Morgan fingerprint density at radius 3 is 1.92 bits per heavy atom. The lowest BCUT2D eigenvalue weighted by Crippen LogP contribution is -2.33. The third-order valence-electron chi connectivity index (χ3n) is 5.55. The zero-order valence-electron chi connectivity index (χ0n) is 21.0. The van der Waals surface area contributed by atoms with Crippen LogP contribution >= 0.6 is 0 Å². The number of nitrogens with one attached hydrogen (secondary N) is 1. The molecule has 1 N–H and O–H groups in total. The van der Waals surface area contributed by atoms with Gasteiger partial charge < -0.3 is 14.2 Å². The van der Waals surface area contributed by atoms with Crippen LogP contribution in [0.4, 0.5) is 0 Å². The molecule has 4 rings (SSSR count). The minimum absolute atomic E-state index is 0.348. The number of hydrazone groups is 1. The highest BCUT2D eigenvalue weighted by molar-refractivity contribution is 5.84. The van der Waals surface area contributed by atoms with Gasteiger partial charge in [-0.05, 0) is 79.1 Å². The second-order valence-electron chi connectivity index (χ2n) is 8.58. The van der Waals surface area contributed by atoms with Gasteiger partial charge in [0.05, 0.1) is 6.21 Å². The molecule has 0 spiro atoms. The van der Waals surface area contributed by atoms with Gasteiger partial charge in [-0.2, -0.15) is 5.10 Å². The molecule has 4 aromatic carbocycles. The summed E-state index contributed by atoms with van der Waals surface area (Å²) in [7, 11) is 0. The number of ether oxygens (including phenoxy) is 3. The van der Waals surface area contributed by atoms with E-state index in [1.54, 1.807) is 25.3 Å². The molecule has 0 saturated heterocycles. The Hall–Kier alpha value is -4.58. The van der Waals surface area contributed by atoms with Crippen molar-refractivity contribution in [3.63, 3.8) is 0 Å². The molecule has 0 aliphatic rings. The normalized spacial score (nSPS) is 11.6. The first-order chi connectivity index (χ1) is 18.0. The van der Waals surface area contributed by atoms with Crippen molar-refractivity contribution in [3.05, 3.63) is 125 Å². The van der Waals surface area contributed by atoms with Crippen LogP contribution in [0.1, 0.15) is 29.2 Å². The number of amides is 1. The SMILES string of the molecule is Cc1ccc(COc2ccc(/C=N\NC(=O)[C@@H](C)Oc3ccc(OCc4ccccc4)cc3)cc2)cc1. The predicted molar refractivity (Wildman–Crippen MR) is 145 cm³/mol. The van der Waals surface area contributed by atoms with Crippen LogP contribution in [0, 0.1) is 6.92 Å². The van der Waals surface area contributed by atoms with Crippen LogP contribution in [-0.4, -0.2) is 18.2 Å². The van der Waals surface area contributed by atoms with Crippen LogP contribution in [0.15, 0.2) is 108 Å². The van der Waals surface area contributed by atoms with E-state index >= 15 is 0 Å². The van der Waals surface area contributed by atoms with Crippen molar-refractivity contribution in [3.8, 4) is 17.2 Å². The molecule has 4 aromatic rings. The van der Waals surface area contributed by atoms with E-state index in [1.165, 1.54) is 5.56 Å². The van der Waals surface area contributed by atoms with E-state index in [2.05, 4.69) is 41.7 Å². The van der Waals surface area contributed by atoms with Gasteiger partial charge in [-0.3, -0.25) is 4.79 Å². The topological polar surface area (TPSA) is 69.2 Å². The highest BCUT2D eigenvalue weighted by Gasteiger charge is 2.14. The first kappa shape index (κ1) is 25.5. The second-order valence-corrected chi connectivity index (χ2v) is 8.58. The Bertz CT molecular complexity index is 1290. The molecule has 0 radical (unpaired) electrons. The van der Waals surface area contributed by atoms with Gasteiger partial charge >= 0.3 is 0 Å². The summed E-state index contributed by atoms with van der Waals surface area (Å²) in [5, 5.41) is 4.04. The molecule has 0 saturated carbocycles. The van der Waals surface area contributed by atoms with Crippen molar-refractivity contribution in [2.45, 2.75) is 33.2 Å². The number of aryl methyl sites for hydroxylation is 1. The quantitative estimate of drug-likeness (QED) is 0.203. The van der Waals surface area contributed by atoms with E-state index in [1.807, 2.05) is 66.7 Å². The summed E-state index contributed by atoms with van der Waals surface area (Å²) < 4.78 is 17.3. The maximum absolute atomic E-state index is 12.4. The number of nitrogens with zero attached hydrogens (tertiary/aromatic N) is 1. The number of rotatable bonds is 11. The van der Waals surface area contributed by atoms with Crippen LogP contribution in [0.5, 0.6) is 17.2 Å². The van der Waals surface area contributed by atoms with Crippen molar-refractivity contribution in [1.82, 2.24) is 5.43 Å². The Kier molecular flexibility index (Phi) is 8.92. The van der Waals surface area contributed by atoms with Crippen molar-refractivity contribution in [2.75, 3.05) is 0 Å². The smallest absolute Gasteiger partial charge is 0.280 e. The highest BCUT2D eigenvalue weighted by Crippen LogP contribution is 2.20. The standard InChI is InChI=1S/C31H30N2O4/c1-23-8-10-27(11-9-23)22-36-28-14-12-25(13-15-28)20-32-33-31(34)24(2)37-30-18-16-29(17-19-30)35-21-26-6-4-3-5-7-26/h3-20,24H,21-22H2,1-2H3,(H,33,34)/b32-20-/t24-/m1/s1. The maximum atomic E-state index is 12.4. The second kappa shape index (κ2) is 12.9. The molecule has 0 aliphatic carbocycles. The molecule has 188 valence electrons. The summed E-state index contributed by atoms with van der Waals surface area (Å²) in [6.45, 7) is 4.72. The summed E-state index contributed by atoms with van der Waals surface area (Å²) in [5.41, 5.74) is 6.78. The van der Waals surface area contributed by atoms with Crippen LogP contribution in [0.25, 0.3) is 0 Å². The average molecular weight is 495 g/mol. The zero-order valence-corrected chi connectivity index (χ0v) is 21.0. The lowest BCUT2D eigenvalue weighted by Gasteiger charge is -2.13. The molecule has 0 bridgehead atoms. The monoisotopic (exact) mass is 494 g/mol. The summed E-state index contributed by atoms with van der Waals surface area (Å²) >= 11 is 0. The zero-order chi connectivity index (χ0) is 25.9. The van der Waals surface area contributed by atoms with Crippen LogP contribution in [0.2, 0.25) is 0 Å². The van der Waals surface area contributed by atoms with Crippen molar-refractivity contribution in [2.24, 2.45) is 5.10 Å². The molecular formula is C31H30N2O4.